The lowest BCUT2D eigenvalue weighted by Gasteiger charge is -2.36. The summed E-state index contributed by atoms with van der Waals surface area (Å²) >= 11 is 0. The molecular weight excluding hydrogens is 448 g/mol. The molecule has 0 bridgehead atoms. The molecule has 0 unspecified atom stereocenters. The minimum absolute atomic E-state index is 0.276. The zero-order valence-corrected chi connectivity index (χ0v) is 20.6. The molecular formula is C28H28FNO3P+. The summed E-state index contributed by atoms with van der Waals surface area (Å²) in [7, 11) is 4.52. The molecule has 0 aliphatic carbocycles. The van der Waals surface area contributed by atoms with Gasteiger partial charge in [-0.1, -0.05) is 6.07 Å². The number of benzene rings is 4. The number of hydrogen-bond acceptors (Lipinski definition) is 4. The SMILES string of the molecule is COc1ccc([P+](c2ccc(OC)cc2)(c2ccc(OC)cc2)N(C)c2cccc(F)c2)cc1. The second kappa shape index (κ2) is 10.1. The van der Waals surface area contributed by atoms with Crippen molar-refractivity contribution in [2.24, 2.45) is 0 Å². The molecule has 6 heteroatoms. The predicted octanol–water partition coefficient (Wildman–Crippen LogP) is 5.20. The Morgan fingerprint density at radius 2 is 0.971 bits per heavy atom. The fraction of sp³-hybridized carbons (Fsp3) is 0.143. The molecule has 0 saturated carbocycles. The van der Waals surface area contributed by atoms with Gasteiger partial charge in [-0.2, -0.15) is 0 Å². The number of nitrogens with zero attached hydrogens (tertiary/aromatic N) is 1. The first kappa shape index (κ1) is 23.6. The summed E-state index contributed by atoms with van der Waals surface area (Å²) in [4.78, 5) is 0. The molecule has 4 aromatic rings. The first-order chi connectivity index (χ1) is 16.5. The molecule has 4 nitrogen and oxygen atoms in total. The fourth-order valence-corrected chi connectivity index (χ4v) is 8.36. The highest BCUT2D eigenvalue weighted by Gasteiger charge is 2.50. The highest BCUT2D eigenvalue weighted by molar-refractivity contribution is 7.96. The molecule has 0 aromatic heterocycles. The van der Waals surface area contributed by atoms with E-state index in [0.717, 1.165) is 38.8 Å². The molecule has 4 rings (SSSR count). The van der Waals surface area contributed by atoms with Crippen LogP contribution in [0.2, 0.25) is 0 Å². The molecule has 34 heavy (non-hydrogen) atoms. The summed E-state index contributed by atoms with van der Waals surface area (Å²) in [6.07, 6.45) is 0. The van der Waals surface area contributed by atoms with Gasteiger partial charge >= 0.3 is 0 Å². The van der Waals surface area contributed by atoms with Gasteiger partial charge in [0.05, 0.1) is 27.0 Å². The molecule has 4 aromatic carbocycles. The van der Waals surface area contributed by atoms with Crippen molar-refractivity contribution in [3.63, 3.8) is 0 Å². The maximum atomic E-state index is 14.4. The summed E-state index contributed by atoms with van der Waals surface area (Å²) in [5.74, 6) is 2.06. The van der Waals surface area contributed by atoms with Gasteiger partial charge in [0.2, 0.25) is 7.41 Å². The normalized spacial score (nSPS) is 11.1. The highest BCUT2D eigenvalue weighted by atomic mass is 31.2. The van der Waals surface area contributed by atoms with Gasteiger partial charge in [0, 0.05) is 13.1 Å². The van der Waals surface area contributed by atoms with E-state index < -0.39 is 7.41 Å². The zero-order chi connectivity index (χ0) is 24.1. The molecule has 0 radical (unpaired) electrons. The Morgan fingerprint density at radius 1 is 0.588 bits per heavy atom. The van der Waals surface area contributed by atoms with E-state index >= 15 is 0 Å². The monoisotopic (exact) mass is 476 g/mol. The van der Waals surface area contributed by atoms with Gasteiger partial charge in [-0.15, -0.1) is 0 Å². The van der Waals surface area contributed by atoms with Crippen LogP contribution in [0.1, 0.15) is 0 Å². The maximum absolute atomic E-state index is 14.4. The van der Waals surface area contributed by atoms with Gasteiger partial charge in [-0.05, 0) is 84.9 Å². The Hall–Kier alpha value is -3.56. The number of hydrogen-bond donors (Lipinski definition) is 0. The molecule has 0 aliphatic heterocycles. The standard InChI is InChI=1S/C28H28FNO3P/c1-30(22-7-5-6-21(29)20-22)34(26-14-8-23(31-2)9-15-26,27-16-10-24(32-3)11-17-27)28-18-12-25(33-4)13-19-28/h5-20H,1-4H3/q+1. The molecule has 0 fully saturated rings. The summed E-state index contributed by atoms with van der Waals surface area (Å²) in [6.45, 7) is 0. The van der Waals surface area contributed by atoms with Crippen LogP contribution in [0.4, 0.5) is 10.1 Å². The van der Waals surface area contributed by atoms with E-state index in [1.165, 1.54) is 6.07 Å². The summed E-state index contributed by atoms with van der Waals surface area (Å²) in [6, 6.07) is 31.1. The highest BCUT2D eigenvalue weighted by Crippen LogP contribution is 2.59. The average molecular weight is 477 g/mol. The van der Waals surface area contributed by atoms with Crippen LogP contribution in [0.25, 0.3) is 0 Å². The second-order valence-corrected chi connectivity index (χ2v) is 11.2. The van der Waals surface area contributed by atoms with Crippen LogP contribution < -0.4 is 34.8 Å². The number of anilines is 1. The van der Waals surface area contributed by atoms with Crippen LogP contribution in [-0.2, 0) is 0 Å². The van der Waals surface area contributed by atoms with E-state index in [9.17, 15) is 4.39 Å². The van der Waals surface area contributed by atoms with Crippen molar-refractivity contribution in [3.05, 3.63) is 103 Å². The summed E-state index contributed by atoms with van der Waals surface area (Å²) in [5, 5.41) is 3.32. The maximum Gasteiger partial charge on any atom is 0.202 e. The van der Waals surface area contributed by atoms with Crippen LogP contribution in [-0.4, -0.2) is 28.4 Å². The van der Waals surface area contributed by atoms with Gasteiger partial charge in [0.15, 0.2) is 0 Å². The molecule has 0 spiro atoms. The van der Waals surface area contributed by atoms with Crippen LogP contribution in [0.5, 0.6) is 17.2 Å². The van der Waals surface area contributed by atoms with E-state index in [2.05, 4.69) is 41.1 Å². The Bertz CT molecular complexity index is 1110. The second-order valence-electron chi connectivity index (χ2n) is 7.73. The smallest absolute Gasteiger partial charge is 0.202 e. The molecule has 0 atom stereocenters. The molecule has 174 valence electrons. The Kier molecular flexibility index (Phi) is 7.04. The quantitative estimate of drug-likeness (QED) is 0.327. The minimum Gasteiger partial charge on any atom is -0.497 e. The van der Waals surface area contributed by atoms with Gasteiger partial charge in [-0.3, -0.25) is 0 Å². The van der Waals surface area contributed by atoms with Crippen molar-refractivity contribution >= 4 is 29.0 Å². The number of rotatable bonds is 8. The van der Waals surface area contributed by atoms with Crippen molar-refractivity contribution in [2.45, 2.75) is 0 Å². The Labute approximate surface area is 200 Å². The predicted molar refractivity (Wildman–Crippen MR) is 140 cm³/mol. The van der Waals surface area contributed by atoms with Crippen LogP contribution in [0.15, 0.2) is 97.1 Å². The lowest BCUT2D eigenvalue weighted by atomic mass is 10.3. The largest absolute Gasteiger partial charge is 0.497 e. The summed E-state index contributed by atoms with van der Waals surface area (Å²) in [5.41, 5.74) is 0.788. The number of ether oxygens (including phenoxy) is 3. The molecule has 0 amide bonds. The fourth-order valence-electron chi connectivity index (χ4n) is 4.21. The van der Waals surface area contributed by atoms with Crippen molar-refractivity contribution in [1.29, 1.82) is 0 Å². The third-order valence-electron chi connectivity index (χ3n) is 5.97. The molecule has 0 N–H and O–H groups in total. The molecule has 0 aliphatic rings. The van der Waals surface area contributed by atoms with E-state index in [4.69, 9.17) is 14.2 Å². The van der Waals surface area contributed by atoms with Crippen LogP contribution in [0.3, 0.4) is 0 Å². The van der Waals surface area contributed by atoms with Crippen LogP contribution >= 0.6 is 7.41 Å². The van der Waals surface area contributed by atoms with E-state index in [1.807, 2.05) is 49.5 Å². The van der Waals surface area contributed by atoms with Crippen molar-refractivity contribution < 1.29 is 18.6 Å². The van der Waals surface area contributed by atoms with Crippen molar-refractivity contribution in [1.82, 2.24) is 0 Å². The molecule has 0 saturated heterocycles. The Morgan fingerprint density at radius 3 is 1.29 bits per heavy atom. The van der Waals surface area contributed by atoms with Crippen molar-refractivity contribution in [2.75, 3.05) is 33.0 Å². The van der Waals surface area contributed by atoms with E-state index in [1.54, 1.807) is 33.5 Å². The lowest BCUT2D eigenvalue weighted by Crippen LogP contribution is -2.41. The zero-order valence-electron chi connectivity index (χ0n) is 19.7. The number of halogens is 1. The Balaban J connectivity index is 2.05. The van der Waals surface area contributed by atoms with Gasteiger partial charge in [0.1, 0.15) is 39.0 Å². The minimum atomic E-state index is -2.48. The lowest BCUT2D eigenvalue weighted by molar-refractivity contribution is 0.415. The third-order valence-corrected chi connectivity index (χ3v) is 10.2. The first-order valence-electron chi connectivity index (χ1n) is 10.9. The number of methoxy groups -OCH3 is 3. The van der Waals surface area contributed by atoms with Crippen molar-refractivity contribution in [3.8, 4) is 17.2 Å². The first-order valence-corrected chi connectivity index (χ1v) is 12.6. The van der Waals surface area contributed by atoms with Gasteiger partial charge in [0.25, 0.3) is 0 Å². The topological polar surface area (TPSA) is 30.9 Å². The third kappa shape index (κ3) is 4.32. The summed E-state index contributed by atoms with van der Waals surface area (Å²) < 4.78 is 32.9. The average Bonchev–Trinajstić information content (AvgIpc) is 2.90. The van der Waals surface area contributed by atoms with E-state index in [-0.39, 0.29) is 5.82 Å². The van der Waals surface area contributed by atoms with Crippen LogP contribution in [0, 0.1) is 5.82 Å². The van der Waals surface area contributed by atoms with Gasteiger partial charge in [-0.25, -0.2) is 9.06 Å². The van der Waals surface area contributed by atoms with E-state index in [0.29, 0.717) is 0 Å². The molecule has 0 heterocycles. The van der Waals surface area contributed by atoms with Gasteiger partial charge < -0.3 is 14.2 Å².